The van der Waals surface area contributed by atoms with Crippen LogP contribution in [0.5, 0.6) is 0 Å². The van der Waals surface area contributed by atoms with Crippen molar-refractivity contribution in [2.75, 3.05) is 0 Å². The fourth-order valence-electron chi connectivity index (χ4n) is 3.65. The topological polar surface area (TPSA) is 30.2 Å². The molecular formula is C13H14ClN3. The Morgan fingerprint density at radius 3 is 3.00 bits per heavy atom. The fraction of sp³-hybridized carbons (Fsp3) is 0.538. The van der Waals surface area contributed by atoms with Crippen molar-refractivity contribution in [2.45, 2.75) is 43.9 Å². The molecule has 1 spiro atoms. The Labute approximate surface area is 105 Å². The molecule has 2 aromatic heterocycles. The molecule has 0 saturated heterocycles. The van der Waals surface area contributed by atoms with Gasteiger partial charge in [-0.1, -0.05) is 24.9 Å². The average molecular weight is 248 g/mol. The molecular weight excluding hydrogens is 234 g/mol. The quantitative estimate of drug-likeness (QED) is 0.715. The minimum atomic E-state index is 0.366. The van der Waals surface area contributed by atoms with E-state index < -0.39 is 0 Å². The van der Waals surface area contributed by atoms with Crippen LogP contribution in [0.4, 0.5) is 0 Å². The van der Waals surface area contributed by atoms with E-state index >= 15 is 0 Å². The van der Waals surface area contributed by atoms with Crippen LogP contribution in [0.15, 0.2) is 12.3 Å². The first-order valence-corrected chi connectivity index (χ1v) is 6.62. The highest BCUT2D eigenvalue weighted by molar-refractivity contribution is 6.29. The van der Waals surface area contributed by atoms with Gasteiger partial charge in [-0.15, -0.1) is 0 Å². The smallest absolute Gasteiger partial charge is 0.156 e. The van der Waals surface area contributed by atoms with Crippen LogP contribution in [-0.4, -0.2) is 14.6 Å². The van der Waals surface area contributed by atoms with Gasteiger partial charge in [0.1, 0.15) is 0 Å². The summed E-state index contributed by atoms with van der Waals surface area (Å²) in [4.78, 5) is 4.46. The number of nitrogens with zero attached hydrogens (tertiary/aromatic N) is 3. The number of halogens is 1. The van der Waals surface area contributed by atoms with Crippen molar-refractivity contribution < 1.29 is 0 Å². The Morgan fingerprint density at radius 1 is 1.47 bits per heavy atom. The molecule has 0 aromatic carbocycles. The lowest BCUT2D eigenvalue weighted by Gasteiger charge is -2.39. The van der Waals surface area contributed by atoms with Gasteiger partial charge in [-0.25, -0.2) is 9.50 Å². The van der Waals surface area contributed by atoms with Gasteiger partial charge < -0.3 is 0 Å². The molecule has 0 aliphatic heterocycles. The van der Waals surface area contributed by atoms with Gasteiger partial charge in [0, 0.05) is 17.7 Å². The first kappa shape index (κ1) is 9.89. The molecule has 1 unspecified atom stereocenters. The van der Waals surface area contributed by atoms with E-state index in [1.807, 2.05) is 16.8 Å². The second-order valence-electron chi connectivity index (χ2n) is 5.54. The van der Waals surface area contributed by atoms with Crippen LogP contribution in [0.2, 0.25) is 5.15 Å². The minimum Gasteiger partial charge on any atom is -0.237 e. The molecule has 1 atom stereocenters. The Balaban J connectivity index is 2.08. The van der Waals surface area contributed by atoms with Crippen molar-refractivity contribution in [3.8, 4) is 0 Å². The predicted molar refractivity (Wildman–Crippen MR) is 66.6 cm³/mol. The largest absolute Gasteiger partial charge is 0.237 e. The maximum Gasteiger partial charge on any atom is 0.156 e. The van der Waals surface area contributed by atoms with E-state index in [-0.39, 0.29) is 0 Å². The van der Waals surface area contributed by atoms with Crippen LogP contribution >= 0.6 is 11.6 Å². The molecule has 17 heavy (non-hydrogen) atoms. The van der Waals surface area contributed by atoms with E-state index in [0.717, 1.165) is 5.65 Å². The molecule has 88 valence electrons. The van der Waals surface area contributed by atoms with Gasteiger partial charge in [-0.05, 0) is 30.7 Å². The third kappa shape index (κ3) is 1.13. The summed E-state index contributed by atoms with van der Waals surface area (Å²) in [5.74, 6) is 0.602. The Hall–Kier alpha value is -1.09. The number of fused-ring (bicyclic) bond motifs is 4. The van der Waals surface area contributed by atoms with Crippen LogP contribution < -0.4 is 0 Å². The summed E-state index contributed by atoms with van der Waals surface area (Å²) >= 11 is 6.00. The highest BCUT2D eigenvalue weighted by Crippen LogP contribution is 2.56. The Kier molecular flexibility index (Phi) is 1.76. The SMILES string of the molecule is CC1CC2(CCC2)c2c1cnc1cc(Cl)nn21. The summed E-state index contributed by atoms with van der Waals surface area (Å²) in [5.41, 5.74) is 4.00. The van der Waals surface area contributed by atoms with Gasteiger partial charge in [-0.2, -0.15) is 5.10 Å². The van der Waals surface area contributed by atoms with Gasteiger partial charge >= 0.3 is 0 Å². The zero-order valence-electron chi connectivity index (χ0n) is 9.78. The second-order valence-corrected chi connectivity index (χ2v) is 5.93. The van der Waals surface area contributed by atoms with Crippen molar-refractivity contribution in [1.82, 2.24) is 14.6 Å². The molecule has 1 saturated carbocycles. The molecule has 4 rings (SSSR count). The summed E-state index contributed by atoms with van der Waals surface area (Å²) in [5, 5.41) is 4.96. The highest BCUT2D eigenvalue weighted by Gasteiger charge is 2.48. The normalized spacial score (nSPS) is 25.2. The molecule has 2 aliphatic carbocycles. The number of aromatic nitrogens is 3. The number of hydrogen-bond acceptors (Lipinski definition) is 2. The third-order valence-corrected chi connectivity index (χ3v) is 4.71. The number of hydrogen-bond donors (Lipinski definition) is 0. The minimum absolute atomic E-state index is 0.366. The third-order valence-electron chi connectivity index (χ3n) is 4.52. The molecule has 2 heterocycles. The zero-order chi connectivity index (χ0) is 11.6. The molecule has 1 fully saturated rings. The van der Waals surface area contributed by atoms with Crippen LogP contribution in [0.1, 0.15) is 49.8 Å². The predicted octanol–water partition coefficient (Wildman–Crippen LogP) is 3.31. The van der Waals surface area contributed by atoms with E-state index in [1.54, 1.807) is 0 Å². The van der Waals surface area contributed by atoms with Crippen LogP contribution in [0.25, 0.3) is 5.65 Å². The highest BCUT2D eigenvalue weighted by atomic mass is 35.5. The van der Waals surface area contributed by atoms with Crippen LogP contribution in [0.3, 0.4) is 0 Å². The summed E-state index contributed by atoms with van der Waals surface area (Å²) in [7, 11) is 0. The molecule has 0 amide bonds. The van der Waals surface area contributed by atoms with Gasteiger partial charge in [0.25, 0.3) is 0 Å². The first-order valence-electron chi connectivity index (χ1n) is 6.24. The van der Waals surface area contributed by atoms with E-state index in [2.05, 4.69) is 17.0 Å². The average Bonchev–Trinajstić information content (AvgIpc) is 2.74. The summed E-state index contributed by atoms with van der Waals surface area (Å²) in [6.07, 6.45) is 7.20. The zero-order valence-corrected chi connectivity index (χ0v) is 10.5. The lowest BCUT2D eigenvalue weighted by atomic mass is 9.66. The van der Waals surface area contributed by atoms with Gasteiger partial charge in [0.2, 0.25) is 0 Å². The van der Waals surface area contributed by atoms with Gasteiger partial charge in [-0.3, -0.25) is 0 Å². The lowest BCUT2D eigenvalue weighted by molar-refractivity contribution is 0.226. The maximum absolute atomic E-state index is 6.00. The molecule has 0 bridgehead atoms. The lowest BCUT2D eigenvalue weighted by Crippen LogP contribution is -2.33. The Bertz CT molecular complexity index is 612. The van der Waals surface area contributed by atoms with E-state index in [9.17, 15) is 0 Å². The van der Waals surface area contributed by atoms with Crippen LogP contribution in [-0.2, 0) is 5.41 Å². The van der Waals surface area contributed by atoms with Gasteiger partial charge in [0.05, 0.1) is 5.69 Å². The molecule has 0 radical (unpaired) electrons. The second kappa shape index (κ2) is 3.02. The van der Waals surface area contributed by atoms with E-state index in [4.69, 9.17) is 11.6 Å². The maximum atomic E-state index is 6.00. The number of rotatable bonds is 0. The molecule has 2 aliphatic rings. The molecule has 4 heteroatoms. The molecule has 2 aromatic rings. The van der Waals surface area contributed by atoms with E-state index in [0.29, 0.717) is 16.5 Å². The van der Waals surface area contributed by atoms with Crippen molar-refractivity contribution in [1.29, 1.82) is 0 Å². The van der Waals surface area contributed by atoms with Gasteiger partial charge in [0.15, 0.2) is 10.8 Å². The van der Waals surface area contributed by atoms with Crippen molar-refractivity contribution in [3.05, 3.63) is 28.7 Å². The van der Waals surface area contributed by atoms with E-state index in [1.165, 1.54) is 36.9 Å². The standard InChI is InChI=1S/C13H14ClN3/c1-8-6-13(3-2-4-13)12-9(8)7-15-11-5-10(14)16-17(11)12/h5,7-8H,2-4,6H2,1H3. The fourth-order valence-corrected chi connectivity index (χ4v) is 3.82. The first-order chi connectivity index (χ1) is 8.20. The van der Waals surface area contributed by atoms with Crippen LogP contribution in [0, 0.1) is 0 Å². The summed E-state index contributed by atoms with van der Waals surface area (Å²) < 4.78 is 1.99. The Morgan fingerprint density at radius 2 is 2.29 bits per heavy atom. The summed E-state index contributed by atoms with van der Waals surface area (Å²) in [6.45, 7) is 2.30. The summed E-state index contributed by atoms with van der Waals surface area (Å²) in [6, 6.07) is 1.84. The van der Waals surface area contributed by atoms with Crippen molar-refractivity contribution in [2.24, 2.45) is 0 Å². The monoisotopic (exact) mass is 247 g/mol. The molecule has 0 N–H and O–H groups in total. The van der Waals surface area contributed by atoms with Crippen molar-refractivity contribution >= 4 is 17.2 Å². The molecule has 3 nitrogen and oxygen atoms in total. The van der Waals surface area contributed by atoms with Crippen molar-refractivity contribution in [3.63, 3.8) is 0 Å².